The van der Waals surface area contributed by atoms with Gasteiger partial charge < -0.3 is 0 Å². The lowest BCUT2D eigenvalue weighted by Gasteiger charge is -2.12. The van der Waals surface area contributed by atoms with Gasteiger partial charge in [0, 0.05) is 11.1 Å². The number of carbonyl (C=O) groups is 2. The zero-order valence-corrected chi connectivity index (χ0v) is 11.5. The van der Waals surface area contributed by atoms with E-state index in [-0.39, 0.29) is 11.6 Å². The van der Waals surface area contributed by atoms with Gasteiger partial charge in [0.2, 0.25) is 0 Å². The molecule has 1 aliphatic rings. The molecule has 0 unspecified atom stereocenters. The molecule has 1 aliphatic carbocycles. The van der Waals surface area contributed by atoms with Gasteiger partial charge in [-0.1, -0.05) is 23.3 Å². The van der Waals surface area contributed by atoms with Crippen molar-refractivity contribution in [2.24, 2.45) is 0 Å². The first-order valence-electron chi connectivity index (χ1n) is 6.17. The van der Waals surface area contributed by atoms with Crippen LogP contribution in [0.2, 0.25) is 0 Å². The highest BCUT2D eigenvalue weighted by Gasteiger charge is 2.20. The molecule has 0 aliphatic heterocycles. The smallest absolute Gasteiger partial charge is 0.182 e. The highest BCUT2D eigenvalue weighted by Crippen LogP contribution is 2.22. The highest BCUT2D eigenvalue weighted by molar-refractivity contribution is 6.20. The van der Waals surface area contributed by atoms with E-state index in [0.717, 1.165) is 11.1 Å². The van der Waals surface area contributed by atoms with Gasteiger partial charge in [0.15, 0.2) is 11.6 Å². The second kappa shape index (κ2) is 6.29. The van der Waals surface area contributed by atoms with E-state index in [1.54, 1.807) is 0 Å². The van der Waals surface area contributed by atoms with Crippen molar-refractivity contribution in [3.63, 3.8) is 0 Å². The molecule has 0 aromatic rings. The van der Waals surface area contributed by atoms with E-state index in [4.69, 9.17) is 0 Å². The lowest BCUT2D eigenvalue weighted by Crippen LogP contribution is -2.14. The first-order valence-corrected chi connectivity index (χ1v) is 6.17. The number of hydrogen-bond acceptors (Lipinski definition) is 2. The zero-order chi connectivity index (χ0) is 13.7. The van der Waals surface area contributed by atoms with Gasteiger partial charge >= 0.3 is 0 Å². The first-order chi connectivity index (χ1) is 8.41. The third kappa shape index (κ3) is 3.95. The summed E-state index contributed by atoms with van der Waals surface area (Å²) in [5.41, 5.74) is 3.58. The maximum Gasteiger partial charge on any atom is 0.182 e. The Balaban J connectivity index is 3.08. The minimum Gasteiger partial charge on any atom is -0.290 e. The molecule has 0 atom stereocenters. The molecule has 0 radical (unpaired) electrons. The van der Waals surface area contributed by atoms with Crippen LogP contribution >= 0.6 is 0 Å². The minimum atomic E-state index is -0.0377. The quantitative estimate of drug-likeness (QED) is 0.558. The van der Waals surface area contributed by atoms with E-state index in [2.05, 4.69) is 0 Å². The van der Waals surface area contributed by atoms with E-state index >= 15 is 0 Å². The van der Waals surface area contributed by atoms with Crippen LogP contribution in [0, 0.1) is 0 Å². The molecule has 0 aromatic heterocycles. The Morgan fingerprint density at radius 2 is 1.17 bits per heavy atom. The number of carbonyl (C=O) groups excluding carboxylic acids is 2. The van der Waals surface area contributed by atoms with Crippen LogP contribution in [0.1, 0.15) is 40.5 Å². The molecule has 1 rings (SSSR count). The summed E-state index contributed by atoms with van der Waals surface area (Å²) in [6.07, 6.45) is 7.82. The van der Waals surface area contributed by atoms with Gasteiger partial charge in [-0.3, -0.25) is 9.59 Å². The predicted octanol–water partition coefficient (Wildman–Crippen LogP) is 3.70. The molecule has 0 heterocycles. The number of rotatable bonds is 4. The van der Waals surface area contributed by atoms with E-state index in [1.165, 1.54) is 12.2 Å². The summed E-state index contributed by atoms with van der Waals surface area (Å²) >= 11 is 0. The van der Waals surface area contributed by atoms with Crippen molar-refractivity contribution in [3.05, 3.63) is 46.6 Å². The Bertz CT molecular complexity index is 433. The molecule has 2 heteroatoms. The zero-order valence-electron chi connectivity index (χ0n) is 11.5. The highest BCUT2D eigenvalue weighted by atomic mass is 16.1. The number of hydrogen-bond donors (Lipinski definition) is 0. The number of ketones is 2. The third-order valence-electron chi connectivity index (χ3n) is 2.77. The molecule has 96 valence electrons. The van der Waals surface area contributed by atoms with Crippen LogP contribution in [0.25, 0.3) is 0 Å². The van der Waals surface area contributed by atoms with Crippen LogP contribution in [-0.4, -0.2) is 11.6 Å². The minimum absolute atomic E-state index is 0.0377. The van der Waals surface area contributed by atoms with Crippen LogP contribution in [0.15, 0.2) is 46.6 Å². The van der Waals surface area contributed by atoms with Crippen LogP contribution in [0.5, 0.6) is 0 Å². The summed E-state index contributed by atoms with van der Waals surface area (Å²) in [7, 11) is 0. The second-order valence-electron chi connectivity index (χ2n) is 4.99. The predicted molar refractivity (Wildman–Crippen MR) is 74.3 cm³/mol. The molecule has 0 amide bonds. The van der Waals surface area contributed by atoms with E-state index in [1.807, 2.05) is 39.8 Å². The lowest BCUT2D eigenvalue weighted by atomic mass is 9.90. The van der Waals surface area contributed by atoms with Crippen molar-refractivity contribution in [2.45, 2.75) is 40.5 Å². The van der Waals surface area contributed by atoms with E-state index in [0.29, 0.717) is 24.0 Å². The van der Waals surface area contributed by atoms with Gasteiger partial charge in [-0.25, -0.2) is 0 Å². The molecule has 18 heavy (non-hydrogen) atoms. The monoisotopic (exact) mass is 244 g/mol. The molecule has 0 aromatic carbocycles. The lowest BCUT2D eigenvalue weighted by molar-refractivity contribution is -0.115. The number of allylic oxidation sites excluding steroid dienone is 8. The van der Waals surface area contributed by atoms with E-state index in [9.17, 15) is 9.59 Å². The van der Waals surface area contributed by atoms with Crippen molar-refractivity contribution in [1.82, 2.24) is 0 Å². The van der Waals surface area contributed by atoms with Crippen molar-refractivity contribution in [2.75, 3.05) is 0 Å². The first kappa shape index (κ1) is 14.4. The van der Waals surface area contributed by atoms with Gasteiger partial charge in [-0.2, -0.15) is 0 Å². The Morgan fingerprint density at radius 3 is 1.44 bits per heavy atom. The van der Waals surface area contributed by atoms with Crippen molar-refractivity contribution in [1.29, 1.82) is 0 Å². The van der Waals surface area contributed by atoms with Crippen molar-refractivity contribution in [3.8, 4) is 0 Å². The average molecular weight is 244 g/mol. The van der Waals surface area contributed by atoms with Crippen molar-refractivity contribution < 1.29 is 9.59 Å². The molecular weight excluding hydrogens is 224 g/mol. The Labute approximate surface area is 109 Å². The topological polar surface area (TPSA) is 34.1 Å². The average Bonchev–Trinajstić information content (AvgIpc) is 2.28. The summed E-state index contributed by atoms with van der Waals surface area (Å²) in [5.74, 6) is -0.0755. The normalized spacial score (nSPS) is 14.9. The van der Waals surface area contributed by atoms with Crippen LogP contribution in [-0.2, 0) is 9.59 Å². The van der Waals surface area contributed by atoms with Crippen LogP contribution < -0.4 is 0 Å². The third-order valence-corrected chi connectivity index (χ3v) is 2.77. The van der Waals surface area contributed by atoms with Gasteiger partial charge in [0.25, 0.3) is 0 Å². The van der Waals surface area contributed by atoms with Gasteiger partial charge in [0.1, 0.15) is 0 Å². The Kier molecular flexibility index (Phi) is 5.02. The molecule has 0 saturated carbocycles. The summed E-state index contributed by atoms with van der Waals surface area (Å²) in [6, 6.07) is 0. The molecule has 0 spiro atoms. The Hall–Kier alpha value is -1.70. The van der Waals surface area contributed by atoms with Crippen LogP contribution in [0.3, 0.4) is 0 Å². The fourth-order valence-corrected chi connectivity index (χ4v) is 1.71. The summed E-state index contributed by atoms with van der Waals surface area (Å²) in [4.78, 5) is 23.7. The second-order valence-corrected chi connectivity index (χ2v) is 4.99. The molecule has 2 nitrogen and oxygen atoms in total. The molecule has 0 bridgehead atoms. The fraction of sp³-hybridized carbons (Fsp3) is 0.375. The molecular formula is C16H20O2. The SMILES string of the molecule is CC(C)=CCC1=C(CC=C(C)C)C(=O)C=CC1=O. The largest absolute Gasteiger partial charge is 0.290 e. The Morgan fingerprint density at radius 1 is 0.833 bits per heavy atom. The summed E-state index contributed by atoms with van der Waals surface area (Å²) < 4.78 is 0. The van der Waals surface area contributed by atoms with Gasteiger partial charge in [-0.15, -0.1) is 0 Å². The molecule has 0 saturated heterocycles. The maximum atomic E-state index is 11.9. The molecule has 0 N–H and O–H groups in total. The van der Waals surface area contributed by atoms with Gasteiger partial charge in [0.05, 0.1) is 0 Å². The summed E-state index contributed by atoms with van der Waals surface area (Å²) in [5, 5.41) is 0. The fourth-order valence-electron chi connectivity index (χ4n) is 1.71. The summed E-state index contributed by atoms with van der Waals surface area (Å²) in [6.45, 7) is 7.95. The molecule has 0 fully saturated rings. The van der Waals surface area contributed by atoms with Crippen LogP contribution in [0.4, 0.5) is 0 Å². The standard InChI is InChI=1S/C16H20O2/c1-11(2)5-7-13-14(8-6-12(3)4)16(18)10-9-15(13)17/h5-6,9-10H,7-8H2,1-4H3. The maximum absolute atomic E-state index is 11.9. The van der Waals surface area contributed by atoms with Crippen molar-refractivity contribution >= 4 is 11.6 Å². The van der Waals surface area contributed by atoms with Gasteiger partial charge in [-0.05, 0) is 52.7 Å². The van der Waals surface area contributed by atoms with E-state index < -0.39 is 0 Å².